The lowest BCUT2D eigenvalue weighted by atomic mass is 9.87. The molecule has 2 aromatic rings. The largest absolute Gasteiger partial charge is 0.367 e. The second kappa shape index (κ2) is 4.59. The Labute approximate surface area is 139 Å². The third-order valence-corrected chi connectivity index (χ3v) is 6.26. The third kappa shape index (κ3) is 1.83. The second-order valence-electron chi connectivity index (χ2n) is 7.38. The van der Waals surface area contributed by atoms with Gasteiger partial charge in [-0.15, -0.1) is 0 Å². The van der Waals surface area contributed by atoms with Crippen molar-refractivity contribution >= 4 is 23.1 Å². The fraction of sp³-hybridized carbons (Fsp3) is 0.625. The molecule has 3 aliphatic carbocycles. The molecular weight excluding hydrogens is 312 g/mol. The molecule has 0 aliphatic heterocycles. The van der Waals surface area contributed by atoms with Crippen molar-refractivity contribution < 1.29 is 0 Å². The van der Waals surface area contributed by atoms with Crippen molar-refractivity contribution in [2.45, 2.75) is 49.6 Å². The minimum Gasteiger partial charge on any atom is -0.367 e. The van der Waals surface area contributed by atoms with Crippen LogP contribution in [0.15, 0.2) is 6.20 Å². The molecule has 6 nitrogen and oxygen atoms in total. The Bertz CT molecular complexity index is 789. The highest BCUT2D eigenvalue weighted by Crippen LogP contribution is 2.60. The first-order valence-corrected chi connectivity index (χ1v) is 8.79. The summed E-state index contributed by atoms with van der Waals surface area (Å²) >= 11 is 6.32. The van der Waals surface area contributed by atoms with Gasteiger partial charge in [0.05, 0.1) is 11.9 Å². The van der Waals surface area contributed by atoms with E-state index >= 15 is 0 Å². The van der Waals surface area contributed by atoms with Crippen LogP contribution in [0.5, 0.6) is 0 Å². The molecule has 5 rings (SSSR count). The molecule has 1 unspecified atom stereocenters. The molecule has 1 atom stereocenters. The molecule has 7 heteroatoms. The van der Waals surface area contributed by atoms with E-state index in [1.807, 2.05) is 4.52 Å². The Kier molecular flexibility index (Phi) is 2.79. The van der Waals surface area contributed by atoms with E-state index in [0.717, 1.165) is 30.7 Å². The smallest absolute Gasteiger partial charge is 0.176 e. The van der Waals surface area contributed by atoms with Crippen molar-refractivity contribution in [3.05, 3.63) is 22.5 Å². The van der Waals surface area contributed by atoms with Crippen LogP contribution in [0.4, 0.5) is 5.82 Å². The number of nitrogens with one attached hydrogen (secondary N) is 1. The standard InChI is InChI=1S/C16H21ClN6/c17-12-7-20-23-14(21-10-4-9(19)5-10)11-3-8(6-18)16(1-2-16)13(11)22-15(12)23/h7-10,21H,1-6,18-19H2. The van der Waals surface area contributed by atoms with Crippen molar-refractivity contribution in [2.24, 2.45) is 17.4 Å². The molecule has 2 heterocycles. The molecular formula is C16H21ClN6. The van der Waals surface area contributed by atoms with Crippen molar-refractivity contribution in [3.63, 3.8) is 0 Å². The molecule has 0 aromatic carbocycles. The van der Waals surface area contributed by atoms with Crippen molar-refractivity contribution in [1.29, 1.82) is 0 Å². The van der Waals surface area contributed by atoms with Crippen molar-refractivity contribution in [3.8, 4) is 0 Å². The number of anilines is 1. The highest BCUT2D eigenvalue weighted by Gasteiger charge is 2.57. The number of nitrogens with zero attached hydrogens (tertiary/aromatic N) is 3. The average Bonchev–Trinajstić information content (AvgIpc) is 3.13. The summed E-state index contributed by atoms with van der Waals surface area (Å²) in [6.07, 6.45) is 7.03. The zero-order valence-corrected chi connectivity index (χ0v) is 13.7. The Morgan fingerprint density at radius 3 is 2.83 bits per heavy atom. The maximum absolute atomic E-state index is 6.32. The minimum atomic E-state index is 0.186. The highest BCUT2D eigenvalue weighted by molar-refractivity contribution is 6.33. The maximum atomic E-state index is 6.32. The molecule has 0 bridgehead atoms. The number of halogens is 1. The number of fused-ring (bicyclic) bond motifs is 3. The van der Waals surface area contributed by atoms with Crippen LogP contribution in [0.2, 0.25) is 5.02 Å². The molecule has 5 N–H and O–H groups in total. The SMILES string of the molecule is NCC1Cc2c(nc3c(Cl)cnn3c2NC2CC(N)C2)C12CC2. The summed E-state index contributed by atoms with van der Waals surface area (Å²) in [5.74, 6) is 1.54. The third-order valence-electron chi connectivity index (χ3n) is 5.99. The van der Waals surface area contributed by atoms with Gasteiger partial charge in [-0.1, -0.05) is 11.6 Å². The Morgan fingerprint density at radius 1 is 1.39 bits per heavy atom. The van der Waals surface area contributed by atoms with Gasteiger partial charge in [0.2, 0.25) is 0 Å². The molecule has 2 saturated carbocycles. The number of hydrogen-bond donors (Lipinski definition) is 3. The molecule has 0 radical (unpaired) electrons. The topological polar surface area (TPSA) is 94.3 Å². The Hall–Kier alpha value is -1.37. The first-order chi connectivity index (χ1) is 11.1. The molecule has 23 heavy (non-hydrogen) atoms. The number of rotatable bonds is 3. The van der Waals surface area contributed by atoms with Crippen LogP contribution in [0.1, 0.15) is 36.9 Å². The minimum absolute atomic E-state index is 0.186. The second-order valence-corrected chi connectivity index (χ2v) is 7.79. The van der Waals surface area contributed by atoms with Gasteiger partial charge in [0.15, 0.2) is 5.65 Å². The summed E-state index contributed by atoms with van der Waals surface area (Å²) in [6.45, 7) is 0.708. The summed E-state index contributed by atoms with van der Waals surface area (Å²) in [7, 11) is 0. The van der Waals surface area contributed by atoms with Crippen LogP contribution in [-0.2, 0) is 11.8 Å². The monoisotopic (exact) mass is 332 g/mol. The van der Waals surface area contributed by atoms with Crippen LogP contribution < -0.4 is 16.8 Å². The van der Waals surface area contributed by atoms with Crippen LogP contribution in [0, 0.1) is 5.92 Å². The van der Waals surface area contributed by atoms with Gasteiger partial charge in [-0.25, -0.2) is 4.98 Å². The number of nitrogens with two attached hydrogens (primary N) is 2. The summed E-state index contributed by atoms with van der Waals surface area (Å²) in [4.78, 5) is 4.90. The Balaban J connectivity index is 1.67. The van der Waals surface area contributed by atoms with Gasteiger partial charge < -0.3 is 16.8 Å². The fourth-order valence-electron chi connectivity index (χ4n) is 4.45. The first-order valence-electron chi connectivity index (χ1n) is 8.41. The van der Waals surface area contributed by atoms with Gasteiger partial charge in [-0.3, -0.25) is 0 Å². The van der Waals surface area contributed by atoms with Crippen LogP contribution >= 0.6 is 11.6 Å². The van der Waals surface area contributed by atoms with Gasteiger partial charge in [-0.05, 0) is 44.6 Å². The maximum Gasteiger partial charge on any atom is 0.176 e. The summed E-state index contributed by atoms with van der Waals surface area (Å²) < 4.78 is 1.86. The van der Waals surface area contributed by atoms with E-state index < -0.39 is 0 Å². The molecule has 2 fully saturated rings. The van der Waals surface area contributed by atoms with Gasteiger partial charge in [0.25, 0.3) is 0 Å². The molecule has 2 aromatic heterocycles. The fourth-order valence-corrected chi connectivity index (χ4v) is 4.62. The van der Waals surface area contributed by atoms with E-state index in [4.69, 9.17) is 28.1 Å². The summed E-state index contributed by atoms with van der Waals surface area (Å²) in [5.41, 5.74) is 15.4. The van der Waals surface area contributed by atoms with Crippen molar-refractivity contribution in [1.82, 2.24) is 14.6 Å². The number of aromatic nitrogens is 3. The van der Waals surface area contributed by atoms with Crippen molar-refractivity contribution in [2.75, 3.05) is 11.9 Å². The molecule has 122 valence electrons. The van der Waals surface area contributed by atoms with Gasteiger partial charge in [0.1, 0.15) is 10.8 Å². The molecule has 0 amide bonds. The molecule has 0 saturated heterocycles. The summed E-state index contributed by atoms with van der Waals surface area (Å²) in [5, 5.41) is 8.70. The van der Waals surface area contributed by atoms with Crippen LogP contribution in [0.3, 0.4) is 0 Å². The Morgan fingerprint density at radius 2 is 2.17 bits per heavy atom. The highest BCUT2D eigenvalue weighted by atomic mass is 35.5. The van der Waals surface area contributed by atoms with E-state index in [1.54, 1.807) is 6.20 Å². The quantitative estimate of drug-likeness (QED) is 0.790. The lowest BCUT2D eigenvalue weighted by Crippen LogP contribution is -2.45. The van der Waals surface area contributed by atoms with E-state index in [1.165, 1.54) is 24.1 Å². The normalized spacial score (nSPS) is 30.5. The number of hydrogen-bond acceptors (Lipinski definition) is 5. The zero-order valence-electron chi connectivity index (χ0n) is 12.9. The predicted octanol–water partition coefficient (Wildman–Crippen LogP) is 1.45. The summed E-state index contributed by atoms with van der Waals surface area (Å²) in [6, 6.07) is 0.723. The van der Waals surface area contributed by atoms with E-state index in [-0.39, 0.29) is 5.41 Å². The average molecular weight is 333 g/mol. The van der Waals surface area contributed by atoms with E-state index in [0.29, 0.717) is 29.6 Å². The van der Waals surface area contributed by atoms with Gasteiger partial charge >= 0.3 is 0 Å². The lowest BCUT2D eigenvalue weighted by Gasteiger charge is -2.34. The first kappa shape index (κ1) is 14.0. The van der Waals surface area contributed by atoms with E-state index in [2.05, 4.69) is 10.4 Å². The van der Waals surface area contributed by atoms with Gasteiger partial charge in [0, 0.05) is 23.1 Å². The van der Waals surface area contributed by atoms with E-state index in [9.17, 15) is 0 Å². The molecule has 1 spiro atoms. The van der Waals surface area contributed by atoms with Crippen LogP contribution in [0.25, 0.3) is 5.65 Å². The van der Waals surface area contributed by atoms with Gasteiger partial charge in [-0.2, -0.15) is 9.61 Å². The molecule has 3 aliphatic rings. The lowest BCUT2D eigenvalue weighted by molar-refractivity contribution is 0.372. The zero-order chi connectivity index (χ0) is 15.8. The van der Waals surface area contributed by atoms with Crippen LogP contribution in [-0.4, -0.2) is 33.2 Å². The predicted molar refractivity (Wildman–Crippen MR) is 89.8 cm³/mol.